The maximum Gasteiger partial charge on any atom is 0.246 e. The van der Waals surface area contributed by atoms with Gasteiger partial charge < -0.3 is 10.2 Å². The summed E-state index contributed by atoms with van der Waals surface area (Å²) < 4.78 is 0. The zero-order chi connectivity index (χ0) is 15.7. The molecular formula is C17H16Cl2N2O. The van der Waals surface area contributed by atoms with Crippen molar-refractivity contribution >= 4 is 40.5 Å². The number of amides is 1. The van der Waals surface area contributed by atoms with Crippen LogP contribution in [0.1, 0.15) is 12.5 Å². The van der Waals surface area contributed by atoms with E-state index in [1.54, 1.807) is 18.2 Å². The zero-order valence-electron chi connectivity index (χ0n) is 12.1. The van der Waals surface area contributed by atoms with Crippen molar-refractivity contribution in [1.29, 1.82) is 0 Å². The molecule has 2 aromatic rings. The molecule has 1 amide bonds. The first-order valence-electron chi connectivity index (χ1n) is 7.16. The molecule has 3 rings (SSSR count). The van der Waals surface area contributed by atoms with Gasteiger partial charge in [-0.2, -0.15) is 0 Å². The van der Waals surface area contributed by atoms with Gasteiger partial charge in [-0.15, -0.1) is 0 Å². The Morgan fingerprint density at radius 3 is 2.59 bits per heavy atom. The first-order valence-corrected chi connectivity index (χ1v) is 7.91. The van der Waals surface area contributed by atoms with E-state index in [2.05, 4.69) is 18.3 Å². The molecule has 0 aliphatic carbocycles. The summed E-state index contributed by atoms with van der Waals surface area (Å²) in [6, 6.07) is 13.4. The molecule has 0 fully saturated rings. The Bertz CT molecular complexity index is 697. The van der Waals surface area contributed by atoms with E-state index in [9.17, 15) is 4.79 Å². The Morgan fingerprint density at radius 1 is 1.18 bits per heavy atom. The highest BCUT2D eigenvalue weighted by atomic mass is 35.5. The lowest BCUT2D eigenvalue weighted by Crippen LogP contribution is -2.39. The highest BCUT2D eigenvalue weighted by Crippen LogP contribution is 2.33. The summed E-state index contributed by atoms with van der Waals surface area (Å²) in [5.74, 6) is 0.00781. The number of anilines is 2. The van der Waals surface area contributed by atoms with Crippen molar-refractivity contribution in [2.45, 2.75) is 19.4 Å². The van der Waals surface area contributed by atoms with Crippen LogP contribution in [-0.4, -0.2) is 18.5 Å². The number of benzene rings is 2. The van der Waals surface area contributed by atoms with E-state index in [1.165, 1.54) is 5.56 Å². The number of rotatable bonds is 3. The predicted octanol–water partition coefficient (Wildman–Crippen LogP) is 4.38. The Kier molecular flexibility index (Phi) is 4.27. The van der Waals surface area contributed by atoms with Gasteiger partial charge in [-0.1, -0.05) is 47.5 Å². The minimum absolute atomic E-state index is 0.00781. The maximum absolute atomic E-state index is 12.6. The number of para-hydroxylation sites is 2. The minimum Gasteiger partial charge on any atom is -0.374 e. The van der Waals surface area contributed by atoms with Crippen molar-refractivity contribution in [2.75, 3.05) is 16.8 Å². The van der Waals surface area contributed by atoms with Crippen LogP contribution < -0.4 is 10.2 Å². The summed E-state index contributed by atoms with van der Waals surface area (Å²) >= 11 is 12.2. The van der Waals surface area contributed by atoms with E-state index in [4.69, 9.17) is 23.2 Å². The standard InChI is InChI=1S/C17H16Cl2N2O/c1-11-9-12-5-2-3-8-15(12)21(11)16(22)10-20-17-13(18)6-4-7-14(17)19/h2-8,11,20H,9-10H2,1H3. The molecular weight excluding hydrogens is 319 g/mol. The van der Waals surface area contributed by atoms with Gasteiger partial charge in [-0.05, 0) is 37.1 Å². The largest absolute Gasteiger partial charge is 0.374 e. The molecule has 1 atom stereocenters. The molecule has 22 heavy (non-hydrogen) atoms. The smallest absolute Gasteiger partial charge is 0.246 e. The van der Waals surface area contributed by atoms with Crippen LogP contribution in [0.3, 0.4) is 0 Å². The molecule has 1 aliphatic heterocycles. The molecule has 0 radical (unpaired) electrons. The van der Waals surface area contributed by atoms with Gasteiger partial charge in [0.25, 0.3) is 0 Å². The topological polar surface area (TPSA) is 32.3 Å². The molecule has 0 saturated heterocycles. The molecule has 1 heterocycles. The summed E-state index contributed by atoms with van der Waals surface area (Å²) in [7, 11) is 0. The van der Waals surface area contributed by atoms with Crippen molar-refractivity contribution in [3.05, 3.63) is 58.1 Å². The van der Waals surface area contributed by atoms with Gasteiger partial charge in [0, 0.05) is 11.7 Å². The number of carbonyl (C=O) groups excluding carboxylic acids is 1. The molecule has 2 aromatic carbocycles. The summed E-state index contributed by atoms with van der Waals surface area (Å²) in [5, 5.41) is 4.07. The summed E-state index contributed by atoms with van der Waals surface area (Å²) in [4.78, 5) is 14.4. The van der Waals surface area contributed by atoms with Gasteiger partial charge >= 0.3 is 0 Å². The number of halogens is 2. The van der Waals surface area contributed by atoms with Gasteiger partial charge in [0.1, 0.15) is 0 Å². The number of hydrogen-bond donors (Lipinski definition) is 1. The third-order valence-electron chi connectivity index (χ3n) is 3.86. The third kappa shape index (κ3) is 2.79. The fourth-order valence-corrected chi connectivity index (χ4v) is 3.39. The number of nitrogens with one attached hydrogen (secondary N) is 1. The SMILES string of the molecule is CC1Cc2ccccc2N1C(=O)CNc1c(Cl)cccc1Cl. The van der Waals surface area contributed by atoms with Crippen LogP contribution in [0.2, 0.25) is 10.0 Å². The second kappa shape index (κ2) is 6.19. The third-order valence-corrected chi connectivity index (χ3v) is 4.49. The zero-order valence-corrected chi connectivity index (χ0v) is 13.7. The van der Waals surface area contributed by atoms with Crippen LogP contribution in [0.15, 0.2) is 42.5 Å². The fourth-order valence-electron chi connectivity index (χ4n) is 2.86. The van der Waals surface area contributed by atoms with E-state index >= 15 is 0 Å². The van der Waals surface area contributed by atoms with Gasteiger partial charge in [0.05, 0.1) is 22.3 Å². The molecule has 5 heteroatoms. The molecule has 114 valence electrons. The molecule has 3 nitrogen and oxygen atoms in total. The monoisotopic (exact) mass is 334 g/mol. The highest BCUT2D eigenvalue weighted by molar-refractivity contribution is 6.39. The molecule has 1 unspecified atom stereocenters. The lowest BCUT2D eigenvalue weighted by atomic mass is 10.1. The quantitative estimate of drug-likeness (QED) is 0.903. The van der Waals surface area contributed by atoms with Gasteiger partial charge in [-0.25, -0.2) is 0 Å². The molecule has 1 N–H and O–H groups in total. The fraction of sp³-hybridized carbons (Fsp3) is 0.235. The van der Waals surface area contributed by atoms with Crippen molar-refractivity contribution in [3.8, 4) is 0 Å². The second-order valence-electron chi connectivity index (χ2n) is 5.40. The molecule has 0 aromatic heterocycles. The van der Waals surface area contributed by atoms with Crippen LogP contribution >= 0.6 is 23.2 Å². The maximum atomic E-state index is 12.6. The predicted molar refractivity (Wildman–Crippen MR) is 92.0 cm³/mol. The van der Waals surface area contributed by atoms with Gasteiger partial charge in [0.15, 0.2) is 0 Å². The van der Waals surface area contributed by atoms with E-state index in [0.29, 0.717) is 15.7 Å². The highest BCUT2D eigenvalue weighted by Gasteiger charge is 2.30. The van der Waals surface area contributed by atoms with Crippen LogP contribution in [0, 0.1) is 0 Å². The van der Waals surface area contributed by atoms with E-state index in [0.717, 1.165) is 12.1 Å². The molecule has 0 bridgehead atoms. The van der Waals surface area contributed by atoms with Crippen LogP contribution in [0.5, 0.6) is 0 Å². The number of nitrogens with zero attached hydrogens (tertiary/aromatic N) is 1. The summed E-state index contributed by atoms with van der Waals surface area (Å²) in [6.07, 6.45) is 0.884. The first kappa shape index (κ1) is 15.2. The lowest BCUT2D eigenvalue weighted by molar-refractivity contribution is -0.117. The van der Waals surface area contributed by atoms with Gasteiger partial charge in [0.2, 0.25) is 5.91 Å². The average Bonchev–Trinajstić information content (AvgIpc) is 2.82. The average molecular weight is 335 g/mol. The lowest BCUT2D eigenvalue weighted by Gasteiger charge is -2.23. The number of fused-ring (bicyclic) bond motifs is 1. The minimum atomic E-state index is 0.00781. The molecule has 1 aliphatic rings. The number of carbonyl (C=O) groups is 1. The van der Waals surface area contributed by atoms with Crippen molar-refractivity contribution in [1.82, 2.24) is 0 Å². The molecule has 0 spiro atoms. The van der Waals surface area contributed by atoms with E-state index in [-0.39, 0.29) is 18.5 Å². The van der Waals surface area contributed by atoms with Gasteiger partial charge in [-0.3, -0.25) is 4.79 Å². The van der Waals surface area contributed by atoms with Crippen LogP contribution in [0.25, 0.3) is 0 Å². The Morgan fingerprint density at radius 2 is 1.86 bits per heavy atom. The molecule has 0 saturated carbocycles. The van der Waals surface area contributed by atoms with E-state index in [1.807, 2.05) is 23.1 Å². The summed E-state index contributed by atoms with van der Waals surface area (Å²) in [6.45, 7) is 2.21. The van der Waals surface area contributed by atoms with Crippen LogP contribution in [0.4, 0.5) is 11.4 Å². The van der Waals surface area contributed by atoms with Crippen molar-refractivity contribution in [3.63, 3.8) is 0 Å². The Labute approximate surface area is 139 Å². The summed E-state index contributed by atoms with van der Waals surface area (Å²) in [5.41, 5.74) is 2.80. The number of hydrogen-bond acceptors (Lipinski definition) is 2. The second-order valence-corrected chi connectivity index (χ2v) is 6.21. The Balaban J connectivity index is 1.76. The van der Waals surface area contributed by atoms with Crippen molar-refractivity contribution in [2.24, 2.45) is 0 Å². The van der Waals surface area contributed by atoms with E-state index < -0.39 is 0 Å². The normalized spacial score (nSPS) is 16.5. The van der Waals surface area contributed by atoms with Crippen molar-refractivity contribution < 1.29 is 4.79 Å². The van der Waals surface area contributed by atoms with Crippen LogP contribution in [-0.2, 0) is 11.2 Å². The Hall–Kier alpha value is -1.71. The first-order chi connectivity index (χ1) is 10.6.